The minimum Gasteiger partial charge on any atom is -0.282 e. The predicted molar refractivity (Wildman–Crippen MR) is 85.4 cm³/mol. The molecule has 0 N–H and O–H groups in total. The molecule has 0 amide bonds. The van der Waals surface area contributed by atoms with Crippen LogP contribution in [0.4, 0.5) is 0 Å². The van der Waals surface area contributed by atoms with Crippen LogP contribution in [0.1, 0.15) is 31.4 Å². The Kier molecular flexibility index (Phi) is 6.58. The maximum absolute atomic E-state index is 12.0. The van der Waals surface area contributed by atoms with Gasteiger partial charge in [-0.05, 0) is 31.9 Å². The van der Waals surface area contributed by atoms with Gasteiger partial charge in [0.2, 0.25) is 5.12 Å². The lowest BCUT2D eigenvalue weighted by Gasteiger charge is -2.10. The Balaban J connectivity index is 2.71. The topological polar surface area (TPSA) is 17.1 Å². The van der Waals surface area contributed by atoms with E-state index in [9.17, 15) is 4.79 Å². The zero-order valence-electron chi connectivity index (χ0n) is 11.1. The van der Waals surface area contributed by atoms with E-state index in [1.54, 1.807) is 0 Å². The largest absolute Gasteiger partial charge is 0.282 e. The van der Waals surface area contributed by atoms with Crippen LogP contribution < -0.4 is 0 Å². The molecule has 1 rings (SSSR count). The van der Waals surface area contributed by atoms with Crippen molar-refractivity contribution < 1.29 is 4.79 Å². The van der Waals surface area contributed by atoms with Gasteiger partial charge in [0, 0.05) is 16.6 Å². The maximum atomic E-state index is 12.0. The van der Waals surface area contributed by atoms with E-state index in [0.29, 0.717) is 5.25 Å². The third-order valence-corrected chi connectivity index (χ3v) is 4.77. The third-order valence-electron chi connectivity index (χ3n) is 2.72. The first-order valence-corrected chi connectivity index (χ1v) is 7.64. The molecule has 1 unspecified atom stereocenters. The van der Waals surface area contributed by atoms with Gasteiger partial charge in [0.05, 0.1) is 0 Å². The summed E-state index contributed by atoms with van der Waals surface area (Å²) < 4.78 is 0. The van der Waals surface area contributed by atoms with Crippen molar-refractivity contribution in [3.63, 3.8) is 0 Å². The second kappa shape index (κ2) is 7.70. The number of carbonyl (C=O) groups excluding carboxylic acids is 1. The summed E-state index contributed by atoms with van der Waals surface area (Å²) in [6, 6.07) is 8.18. The molecule has 3 heteroatoms. The highest BCUT2D eigenvalue weighted by Gasteiger charge is 2.12. The zero-order chi connectivity index (χ0) is 13.5. The number of benzene rings is 1. The Bertz CT molecular complexity index is 417. The zero-order valence-corrected chi connectivity index (χ0v) is 12.9. The average Bonchev–Trinajstić information content (AvgIpc) is 2.38. The highest BCUT2D eigenvalue weighted by atomic mass is 32.2. The smallest absolute Gasteiger partial charge is 0.215 e. The summed E-state index contributed by atoms with van der Waals surface area (Å²) in [5.41, 5.74) is 3.10. The fourth-order valence-corrected chi connectivity index (χ4v) is 2.74. The van der Waals surface area contributed by atoms with E-state index in [2.05, 4.69) is 38.6 Å². The summed E-state index contributed by atoms with van der Waals surface area (Å²) in [7, 11) is 0. The van der Waals surface area contributed by atoms with Gasteiger partial charge < -0.3 is 0 Å². The molecule has 0 saturated heterocycles. The van der Waals surface area contributed by atoms with E-state index in [0.717, 1.165) is 23.3 Å². The molecule has 0 aliphatic rings. The highest BCUT2D eigenvalue weighted by Crippen LogP contribution is 2.21. The van der Waals surface area contributed by atoms with Crippen LogP contribution in [0.15, 0.2) is 29.8 Å². The molecule has 0 bridgehead atoms. The van der Waals surface area contributed by atoms with E-state index in [4.69, 9.17) is 0 Å². The number of aryl methyl sites for hydroxylation is 1. The molecule has 1 aromatic carbocycles. The first-order chi connectivity index (χ1) is 8.56. The molecule has 0 fully saturated rings. The molecule has 98 valence electrons. The molecule has 0 radical (unpaired) electrons. The lowest BCUT2D eigenvalue weighted by molar-refractivity contribution is -0.107. The van der Waals surface area contributed by atoms with Crippen LogP contribution in [0.25, 0.3) is 6.08 Å². The van der Waals surface area contributed by atoms with Crippen molar-refractivity contribution in [3.8, 4) is 0 Å². The summed E-state index contributed by atoms with van der Waals surface area (Å²) in [6.45, 7) is 6.01. The molecule has 0 aromatic heterocycles. The first-order valence-electron chi connectivity index (χ1n) is 6.13. The summed E-state index contributed by atoms with van der Waals surface area (Å²) in [4.78, 5) is 12.0. The number of hydrogen-bond acceptors (Lipinski definition) is 3. The Morgan fingerprint density at radius 2 is 2.00 bits per heavy atom. The molecule has 1 atom stereocenters. The molecule has 1 nitrogen and oxygen atoms in total. The normalized spacial score (nSPS) is 13.4. The number of rotatable bonds is 5. The Morgan fingerprint density at radius 3 is 2.50 bits per heavy atom. The van der Waals surface area contributed by atoms with Gasteiger partial charge in [-0.2, -0.15) is 12.6 Å². The van der Waals surface area contributed by atoms with Crippen molar-refractivity contribution in [3.05, 3.63) is 41.0 Å². The van der Waals surface area contributed by atoms with Crippen molar-refractivity contribution in [2.24, 2.45) is 0 Å². The van der Waals surface area contributed by atoms with E-state index in [1.165, 1.54) is 17.3 Å². The van der Waals surface area contributed by atoms with Gasteiger partial charge in [0.1, 0.15) is 0 Å². The fraction of sp³-hybridized carbons (Fsp3) is 0.400. The Morgan fingerprint density at radius 1 is 1.39 bits per heavy atom. The average molecular weight is 280 g/mol. The molecule has 0 spiro atoms. The van der Waals surface area contributed by atoms with Crippen LogP contribution in [0, 0.1) is 6.92 Å². The Labute approximate surface area is 119 Å². The van der Waals surface area contributed by atoms with Crippen LogP contribution in [-0.2, 0) is 4.79 Å². The van der Waals surface area contributed by atoms with Gasteiger partial charge in [-0.1, -0.05) is 48.5 Å². The first kappa shape index (κ1) is 15.4. The van der Waals surface area contributed by atoms with Crippen molar-refractivity contribution in [1.29, 1.82) is 0 Å². The summed E-state index contributed by atoms with van der Waals surface area (Å²) in [6.07, 6.45) is 2.91. The summed E-state index contributed by atoms with van der Waals surface area (Å²) in [5, 5.41) is 0.457. The quantitative estimate of drug-likeness (QED) is 0.637. The van der Waals surface area contributed by atoms with E-state index in [-0.39, 0.29) is 5.12 Å². The van der Waals surface area contributed by atoms with Gasteiger partial charge in [0.15, 0.2) is 0 Å². The highest BCUT2D eigenvalue weighted by molar-refractivity contribution is 8.15. The van der Waals surface area contributed by atoms with Crippen molar-refractivity contribution in [2.75, 3.05) is 5.75 Å². The molecule has 1 aromatic rings. The fourth-order valence-electron chi connectivity index (χ4n) is 1.47. The minimum atomic E-state index is 0.150. The number of hydrogen-bond donors (Lipinski definition) is 1. The van der Waals surface area contributed by atoms with Crippen molar-refractivity contribution in [2.45, 2.75) is 32.4 Å². The Hall–Kier alpha value is -0.670. The standard InChI is InChI=1S/C15H20OS2/c1-4-14(10-17)18-15(16)12(3)9-13-7-5-11(2)6-8-13/h5-9,14,17H,4,10H2,1-3H3/b12-9+. The molecule has 0 saturated carbocycles. The lowest BCUT2D eigenvalue weighted by atomic mass is 10.1. The molecule has 0 aliphatic heterocycles. The van der Waals surface area contributed by atoms with E-state index in [1.807, 2.05) is 25.1 Å². The van der Waals surface area contributed by atoms with E-state index >= 15 is 0 Å². The van der Waals surface area contributed by atoms with Crippen molar-refractivity contribution in [1.82, 2.24) is 0 Å². The maximum Gasteiger partial charge on any atom is 0.215 e. The molecular weight excluding hydrogens is 260 g/mol. The number of thiol groups is 1. The van der Waals surface area contributed by atoms with Gasteiger partial charge >= 0.3 is 0 Å². The summed E-state index contributed by atoms with van der Waals surface area (Å²) in [5.74, 6) is 0.741. The van der Waals surface area contributed by atoms with Crippen LogP contribution in [0.3, 0.4) is 0 Å². The summed E-state index contributed by atoms with van der Waals surface area (Å²) >= 11 is 5.65. The number of thioether (sulfide) groups is 1. The predicted octanol–water partition coefficient (Wildman–Crippen LogP) is 4.37. The van der Waals surface area contributed by atoms with Crippen LogP contribution >= 0.6 is 24.4 Å². The molecule has 0 heterocycles. The van der Waals surface area contributed by atoms with Crippen molar-refractivity contribution >= 4 is 35.6 Å². The molecule has 0 aliphatic carbocycles. The molecule has 18 heavy (non-hydrogen) atoms. The van der Waals surface area contributed by atoms with Gasteiger partial charge in [0.25, 0.3) is 0 Å². The van der Waals surface area contributed by atoms with E-state index < -0.39 is 0 Å². The monoisotopic (exact) mass is 280 g/mol. The third kappa shape index (κ3) is 4.91. The molecular formula is C15H20OS2. The van der Waals surface area contributed by atoms with Crippen LogP contribution in [-0.4, -0.2) is 16.1 Å². The SMILES string of the molecule is CCC(CS)SC(=O)/C(C)=C/c1ccc(C)cc1. The van der Waals surface area contributed by atoms with Crippen LogP contribution in [0.2, 0.25) is 0 Å². The van der Waals surface area contributed by atoms with Crippen LogP contribution in [0.5, 0.6) is 0 Å². The minimum absolute atomic E-state index is 0.150. The van der Waals surface area contributed by atoms with Gasteiger partial charge in [-0.15, -0.1) is 0 Å². The second-order valence-electron chi connectivity index (χ2n) is 4.36. The second-order valence-corrected chi connectivity index (χ2v) is 5.99. The van der Waals surface area contributed by atoms with Gasteiger partial charge in [-0.25, -0.2) is 0 Å². The lowest BCUT2D eigenvalue weighted by Crippen LogP contribution is -2.07. The van der Waals surface area contributed by atoms with Gasteiger partial charge in [-0.3, -0.25) is 4.79 Å². The number of carbonyl (C=O) groups is 1.